The lowest BCUT2D eigenvalue weighted by Gasteiger charge is -2.59. The maximum Gasteiger partial charge on any atom is 0.330 e. The highest BCUT2D eigenvalue weighted by molar-refractivity contribution is 5.91. The smallest absolute Gasteiger partial charge is 0.330 e. The molecule has 4 heteroatoms. The maximum atomic E-state index is 12.0. The molecule has 0 aromatic carbocycles. The molecule has 0 saturated heterocycles. The monoisotopic (exact) mass is 386 g/mol. The van der Waals surface area contributed by atoms with Gasteiger partial charge in [-0.3, -0.25) is 4.79 Å². The molecule has 0 amide bonds. The molecule has 1 N–H and O–H groups in total. The largest absolute Gasteiger partial charge is 0.466 e. The molecule has 7 atom stereocenters. The van der Waals surface area contributed by atoms with Gasteiger partial charge in [-0.1, -0.05) is 25.5 Å². The lowest BCUT2D eigenvalue weighted by molar-refractivity contribution is -0.135. The zero-order chi connectivity index (χ0) is 20.1. The van der Waals surface area contributed by atoms with Crippen molar-refractivity contribution < 1.29 is 19.4 Å². The molecule has 4 nitrogen and oxygen atoms in total. The van der Waals surface area contributed by atoms with E-state index in [2.05, 4.69) is 13.8 Å². The Hall–Kier alpha value is -1.42. The number of fused-ring (bicyclic) bond motifs is 5. The number of carbonyl (C=O) groups excluding carboxylic acids is 2. The minimum Gasteiger partial charge on any atom is -0.466 e. The summed E-state index contributed by atoms with van der Waals surface area (Å²) in [7, 11) is 1.41. The molecule has 0 bridgehead atoms. The van der Waals surface area contributed by atoms with E-state index < -0.39 is 0 Å². The van der Waals surface area contributed by atoms with E-state index in [1.165, 1.54) is 31.6 Å². The van der Waals surface area contributed by atoms with Gasteiger partial charge in [-0.05, 0) is 85.5 Å². The van der Waals surface area contributed by atoms with Gasteiger partial charge in [-0.25, -0.2) is 4.79 Å². The van der Waals surface area contributed by atoms with Crippen molar-refractivity contribution in [2.75, 3.05) is 7.11 Å². The Kier molecular flexibility index (Phi) is 5.06. The van der Waals surface area contributed by atoms with Gasteiger partial charge in [0, 0.05) is 12.5 Å². The van der Waals surface area contributed by atoms with Gasteiger partial charge in [0.1, 0.15) is 0 Å². The Morgan fingerprint density at radius 2 is 2.07 bits per heavy atom. The van der Waals surface area contributed by atoms with Crippen LogP contribution in [0.3, 0.4) is 0 Å². The van der Waals surface area contributed by atoms with Crippen LogP contribution < -0.4 is 0 Å². The summed E-state index contributed by atoms with van der Waals surface area (Å²) in [5.74, 6) is 1.93. The van der Waals surface area contributed by atoms with Crippen LogP contribution in [0.2, 0.25) is 0 Å². The fourth-order valence-electron chi connectivity index (χ4n) is 7.57. The van der Waals surface area contributed by atoms with Crippen LogP contribution in [0.1, 0.15) is 65.2 Å². The van der Waals surface area contributed by atoms with Crippen molar-refractivity contribution in [3.05, 3.63) is 23.8 Å². The summed E-state index contributed by atoms with van der Waals surface area (Å²) in [6.45, 7) is 4.68. The highest BCUT2D eigenvalue weighted by Gasteiger charge is 2.61. The molecule has 0 aromatic heterocycles. The molecule has 4 aliphatic carbocycles. The highest BCUT2D eigenvalue weighted by Crippen LogP contribution is 2.67. The van der Waals surface area contributed by atoms with Crippen LogP contribution in [-0.4, -0.2) is 30.1 Å². The van der Waals surface area contributed by atoms with Crippen LogP contribution in [-0.2, 0) is 14.3 Å². The first-order chi connectivity index (χ1) is 13.3. The van der Waals surface area contributed by atoms with Gasteiger partial charge >= 0.3 is 5.97 Å². The third-order valence-corrected chi connectivity index (χ3v) is 8.97. The number of aliphatic hydroxyl groups is 1. The number of ketones is 1. The van der Waals surface area contributed by atoms with Crippen LogP contribution >= 0.6 is 0 Å². The summed E-state index contributed by atoms with van der Waals surface area (Å²) in [5, 5.41) is 11.4. The van der Waals surface area contributed by atoms with Crippen LogP contribution in [0.4, 0.5) is 0 Å². The first-order valence-electron chi connectivity index (χ1n) is 11.0. The van der Waals surface area contributed by atoms with Crippen LogP contribution in [0.15, 0.2) is 23.8 Å². The normalized spacial score (nSPS) is 45.2. The van der Waals surface area contributed by atoms with Gasteiger partial charge in [0.25, 0.3) is 0 Å². The quantitative estimate of drug-likeness (QED) is 0.582. The minimum atomic E-state index is -0.307. The van der Waals surface area contributed by atoms with E-state index in [4.69, 9.17) is 4.74 Å². The number of carbonyl (C=O) groups is 2. The van der Waals surface area contributed by atoms with E-state index in [1.54, 1.807) is 0 Å². The molecule has 0 aliphatic heterocycles. The zero-order valence-corrected chi connectivity index (χ0v) is 17.4. The van der Waals surface area contributed by atoms with Crippen molar-refractivity contribution in [1.82, 2.24) is 0 Å². The third kappa shape index (κ3) is 2.99. The fraction of sp³-hybridized carbons (Fsp3) is 0.750. The van der Waals surface area contributed by atoms with Crippen LogP contribution in [0.25, 0.3) is 0 Å². The molecule has 4 aliphatic rings. The Balaban J connectivity index is 1.57. The van der Waals surface area contributed by atoms with Gasteiger partial charge in [0.05, 0.1) is 13.2 Å². The summed E-state index contributed by atoms with van der Waals surface area (Å²) in [4.78, 5) is 23.4. The van der Waals surface area contributed by atoms with Crippen LogP contribution in [0, 0.1) is 34.5 Å². The number of hydrogen-bond donors (Lipinski definition) is 1. The molecule has 28 heavy (non-hydrogen) atoms. The average Bonchev–Trinajstić information content (AvgIpc) is 2.97. The molecular formula is C24H34O4. The van der Waals surface area contributed by atoms with E-state index in [1.807, 2.05) is 12.2 Å². The van der Waals surface area contributed by atoms with E-state index in [9.17, 15) is 14.7 Å². The van der Waals surface area contributed by atoms with E-state index in [-0.39, 0.29) is 34.6 Å². The second kappa shape index (κ2) is 7.12. The van der Waals surface area contributed by atoms with Crippen molar-refractivity contribution >= 4 is 11.8 Å². The van der Waals surface area contributed by atoms with Crippen molar-refractivity contribution in [2.45, 2.75) is 71.3 Å². The molecule has 0 heterocycles. The van der Waals surface area contributed by atoms with Gasteiger partial charge in [-0.15, -0.1) is 0 Å². The van der Waals surface area contributed by atoms with Gasteiger partial charge < -0.3 is 9.84 Å². The van der Waals surface area contributed by atoms with Gasteiger partial charge in [0.2, 0.25) is 0 Å². The fourth-order valence-corrected chi connectivity index (χ4v) is 7.57. The zero-order valence-electron chi connectivity index (χ0n) is 17.4. The Morgan fingerprint density at radius 3 is 2.82 bits per heavy atom. The molecule has 154 valence electrons. The molecule has 3 saturated carbocycles. The lowest BCUT2D eigenvalue weighted by atomic mass is 9.46. The Morgan fingerprint density at radius 1 is 1.29 bits per heavy atom. The molecule has 3 fully saturated rings. The minimum absolute atomic E-state index is 0.0134. The van der Waals surface area contributed by atoms with E-state index in [0.717, 1.165) is 32.1 Å². The summed E-state index contributed by atoms with van der Waals surface area (Å²) in [5.41, 5.74) is 1.41. The Bertz CT molecular complexity index is 722. The van der Waals surface area contributed by atoms with Crippen molar-refractivity contribution in [3.63, 3.8) is 0 Å². The lowest BCUT2D eigenvalue weighted by Crippen LogP contribution is -2.56. The maximum absolute atomic E-state index is 12.0. The summed E-state index contributed by atoms with van der Waals surface area (Å²) in [6.07, 6.45) is 12.8. The summed E-state index contributed by atoms with van der Waals surface area (Å²) >= 11 is 0. The van der Waals surface area contributed by atoms with E-state index >= 15 is 0 Å². The average molecular weight is 387 g/mol. The number of allylic oxidation sites excluding steroid dienone is 2. The number of hydrogen-bond acceptors (Lipinski definition) is 4. The van der Waals surface area contributed by atoms with Gasteiger partial charge in [-0.2, -0.15) is 0 Å². The van der Waals surface area contributed by atoms with Crippen molar-refractivity contribution in [2.24, 2.45) is 34.5 Å². The predicted octanol–water partition coefficient (Wildman–Crippen LogP) is 4.22. The molecular weight excluding hydrogens is 352 g/mol. The number of esters is 1. The number of rotatable bonds is 3. The second-order valence-corrected chi connectivity index (χ2v) is 10.1. The summed E-state index contributed by atoms with van der Waals surface area (Å²) < 4.78 is 4.71. The first-order valence-corrected chi connectivity index (χ1v) is 11.0. The first kappa shape index (κ1) is 19.9. The molecule has 0 radical (unpaired) electrons. The molecule has 0 spiro atoms. The van der Waals surface area contributed by atoms with E-state index in [0.29, 0.717) is 24.2 Å². The standard InChI is InChI=1S/C24H34O4/c1-23-12-11-17(25)13-16(23)7-9-18-19-10-8-15(5-4-6-21(27)28-3)24(19,2)14-20(26)22(18)23/h4,6,13,15,18-20,22,26H,5,7-12,14H2,1-3H3/b6-4+. The Labute approximate surface area is 168 Å². The molecule has 7 unspecified atom stereocenters. The second-order valence-electron chi connectivity index (χ2n) is 10.1. The van der Waals surface area contributed by atoms with Gasteiger partial charge in [0.15, 0.2) is 5.78 Å². The number of methoxy groups -OCH3 is 1. The highest BCUT2D eigenvalue weighted by atomic mass is 16.5. The SMILES string of the molecule is COC(=O)/C=C/CC1CCC2C3CCC4=CC(=O)CCC4(C)C3C(O)CC12C. The third-order valence-electron chi connectivity index (χ3n) is 8.97. The van der Waals surface area contributed by atoms with Crippen molar-refractivity contribution in [1.29, 1.82) is 0 Å². The van der Waals surface area contributed by atoms with Crippen LogP contribution in [0.5, 0.6) is 0 Å². The topological polar surface area (TPSA) is 63.6 Å². The predicted molar refractivity (Wildman–Crippen MR) is 107 cm³/mol. The molecule has 0 aromatic rings. The number of aliphatic hydroxyl groups excluding tert-OH is 1. The summed E-state index contributed by atoms with van der Waals surface area (Å²) in [6, 6.07) is 0. The number of ether oxygens (including phenoxy) is 1. The molecule has 4 rings (SSSR count). The van der Waals surface area contributed by atoms with Crippen molar-refractivity contribution in [3.8, 4) is 0 Å².